The molecule has 4 atom stereocenters. The van der Waals surface area contributed by atoms with E-state index in [1.54, 1.807) is 0 Å². The van der Waals surface area contributed by atoms with E-state index in [1.165, 1.54) is 24.6 Å². The van der Waals surface area contributed by atoms with Gasteiger partial charge in [-0.2, -0.15) is 0 Å². The van der Waals surface area contributed by atoms with Crippen molar-refractivity contribution in [3.05, 3.63) is 35.9 Å². The molecule has 3 aliphatic rings. The number of esters is 1. The predicted molar refractivity (Wildman–Crippen MR) is 134 cm³/mol. The third-order valence-corrected chi connectivity index (χ3v) is 7.37. The van der Waals surface area contributed by atoms with Crippen molar-refractivity contribution in [1.82, 2.24) is 9.62 Å². The maximum absolute atomic E-state index is 13.5. The number of carbonyl (C=O) groups is 2. The number of amides is 1. The molecule has 1 saturated carbocycles. The normalized spacial score (nSPS) is 24.4. The van der Waals surface area contributed by atoms with Gasteiger partial charge < -0.3 is 14.4 Å². The molecule has 4 rings (SSSR count). The number of methoxy groups -OCH3 is 1. The van der Waals surface area contributed by atoms with E-state index < -0.39 is 0 Å². The number of ether oxygens (including phenoxy) is 1. The number of nitrogens with zero attached hydrogens (tertiary/aromatic N) is 2. The number of aryl methyl sites for hydroxylation is 1. The van der Waals surface area contributed by atoms with Crippen molar-refractivity contribution in [3.63, 3.8) is 0 Å². The van der Waals surface area contributed by atoms with Gasteiger partial charge in [0.05, 0.1) is 36.1 Å². The Morgan fingerprint density at radius 2 is 1.97 bits per heavy atom. The third kappa shape index (κ3) is 5.62. The summed E-state index contributed by atoms with van der Waals surface area (Å²) in [5.41, 5.74) is 2.07. The maximum atomic E-state index is 13.5. The number of fused-ring (bicyclic) bond motifs is 3. The molecule has 2 bridgehead atoms. The quantitative estimate of drug-likeness (QED) is 0.332. The van der Waals surface area contributed by atoms with Crippen LogP contribution in [0.25, 0.3) is 0 Å². The molecule has 1 amide bonds. The number of hydrogen-bond acceptors (Lipinski definition) is 6. The van der Waals surface area contributed by atoms with Crippen LogP contribution in [0, 0.1) is 30.6 Å². The van der Waals surface area contributed by atoms with Crippen molar-refractivity contribution in [2.24, 2.45) is 28.7 Å². The number of nitrogens with one attached hydrogen (secondary N) is 1. The highest BCUT2D eigenvalue weighted by molar-refractivity contribution is 7.98. The first kappa shape index (κ1) is 25.3. The van der Waals surface area contributed by atoms with Gasteiger partial charge in [-0.3, -0.25) is 9.59 Å². The number of allylic oxidation sites excluding steroid dienone is 1. The van der Waals surface area contributed by atoms with Gasteiger partial charge in [-0.15, -0.1) is 0 Å². The molecule has 1 N–H and O–H groups in total. The van der Waals surface area contributed by atoms with Gasteiger partial charge in [-0.05, 0) is 67.2 Å². The van der Waals surface area contributed by atoms with E-state index in [9.17, 15) is 9.59 Å². The van der Waals surface area contributed by atoms with Crippen LogP contribution < -0.4 is 4.72 Å². The van der Waals surface area contributed by atoms with Crippen LogP contribution >= 0.6 is 11.9 Å². The number of amidine groups is 1. The minimum absolute atomic E-state index is 0.0166. The zero-order chi connectivity index (χ0) is 24.1. The molecule has 1 aromatic carbocycles. The Morgan fingerprint density at radius 1 is 1.24 bits per heavy atom. The minimum atomic E-state index is -0.282. The van der Waals surface area contributed by atoms with Gasteiger partial charge in [0.15, 0.2) is 0 Å². The number of carbonyl (C=O) groups excluding carboxylic acids is 2. The number of hydrogen-bond donors (Lipinski definition) is 1. The molecule has 1 fully saturated rings. The van der Waals surface area contributed by atoms with Crippen LogP contribution in [0.5, 0.6) is 0 Å². The Hall–Kier alpha value is -2.28. The van der Waals surface area contributed by atoms with E-state index >= 15 is 0 Å². The molecular weight excluding hydrogens is 434 g/mol. The number of aliphatic imine (C=N–C) groups is 1. The Kier molecular flexibility index (Phi) is 8.63. The molecule has 4 unspecified atom stereocenters. The molecule has 0 spiro atoms. The highest BCUT2D eigenvalue weighted by Crippen LogP contribution is 2.47. The molecule has 1 aliphatic heterocycles. The molecule has 1 aromatic rings. The van der Waals surface area contributed by atoms with Crippen LogP contribution in [0.3, 0.4) is 0 Å². The lowest BCUT2D eigenvalue weighted by Crippen LogP contribution is -2.50. The smallest absolute Gasteiger partial charge is 0.311 e. The van der Waals surface area contributed by atoms with Gasteiger partial charge in [-0.1, -0.05) is 45.9 Å². The first-order chi connectivity index (χ1) is 15.9. The van der Waals surface area contributed by atoms with Gasteiger partial charge in [0.1, 0.15) is 5.84 Å². The summed E-state index contributed by atoms with van der Waals surface area (Å²) in [6.07, 6.45) is 6.31. The van der Waals surface area contributed by atoms with Crippen LogP contribution in [0.2, 0.25) is 0 Å². The first-order valence-corrected chi connectivity index (χ1v) is 12.9. The summed E-state index contributed by atoms with van der Waals surface area (Å²) in [4.78, 5) is 33.8. The largest absolute Gasteiger partial charge is 0.469 e. The lowest BCUT2D eigenvalue weighted by Gasteiger charge is -2.37. The summed E-state index contributed by atoms with van der Waals surface area (Å²) in [7, 11) is 1.44. The Bertz CT molecular complexity index is 927. The van der Waals surface area contributed by atoms with Crippen molar-refractivity contribution in [1.29, 1.82) is 0 Å². The maximum Gasteiger partial charge on any atom is 0.311 e. The Labute approximate surface area is 202 Å². The molecule has 2 aliphatic carbocycles. The van der Waals surface area contributed by atoms with Crippen molar-refractivity contribution < 1.29 is 14.3 Å². The Morgan fingerprint density at radius 3 is 2.67 bits per heavy atom. The van der Waals surface area contributed by atoms with E-state index in [2.05, 4.69) is 48.7 Å². The molecule has 7 heteroatoms. The van der Waals surface area contributed by atoms with Crippen molar-refractivity contribution >= 4 is 35.3 Å². The number of rotatable bonds is 7. The molecule has 1 heterocycles. The molecular formula is C26H37N3O3S. The summed E-state index contributed by atoms with van der Waals surface area (Å²) in [6, 6.07) is 5.98. The molecule has 180 valence electrons. The topological polar surface area (TPSA) is 71.0 Å². The standard InChI is InChI=1S/C24H31N3O3S.C2H6/c1-14(2)9-10-27(23-17-7-6-16(12-17)22(23)24(29)30-4)21(28)13-20-25-18-8-5-15(3)11-19(18)31-26-20;1-2/h5-8,11,14,16-17,22-23H,9-10,12-13H2,1-4H3,(H,25,26);1-2H3. The zero-order valence-corrected chi connectivity index (χ0v) is 21.4. The zero-order valence-electron chi connectivity index (χ0n) is 20.6. The van der Waals surface area contributed by atoms with Gasteiger partial charge in [0, 0.05) is 6.54 Å². The van der Waals surface area contributed by atoms with E-state index in [4.69, 9.17) is 4.74 Å². The van der Waals surface area contributed by atoms with E-state index in [1.807, 2.05) is 30.9 Å². The SMILES string of the molecule is CC.COC(=O)C1C2C=CC(C2)C1N(CCC(C)C)C(=O)CC1=Nc2ccc(C)cc2SN1. The van der Waals surface area contributed by atoms with Crippen LogP contribution in [0.4, 0.5) is 5.69 Å². The summed E-state index contributed by atoms with van der Waals surface area (Å²) in [5.74, 6) is 1.03. The summed E-state index contributed by atoms with van der Waals surface area (Å²) in [6.45, 7) is 11.0. The second kappa shape index (κ2) is 11.2. The average molecular weight is 472 g/mol. The van der Waals surface area contributed by atoms with Crippen LogP contribution in [0.1, 0.15) is 52.5 Å². The van der Waals surface area contributed by atoms with E-state index in [0.29, 0.717) is 18.3 Å². The molecule has 0 radical (unpaired) electrons. The van der Waals surface area contributed by atoms with Crippen molar-refractivity contribution in [2.45, 2.75) is 64.8 Å². The predicted octanol–water partition coefficient (Wildman–Crippen LogP) is 5.29. The fourth-order valence-corrected chi connectivity index (χ4v) is 5.72. The summed E-state index contributed by atoms with van der Waals surface area (Å²) >= 11 is 1.50. The first-order valence-electron chi connectivity index (χ1n) is 12.0. The molecule has 0 aromatic heterocycles. The summed E-state index contributed by atoms with van der Waals surface area (Å²) in [5, 5.41) is 0. The van der Waals surface area contributed by atoms with Gasteiger partial charge in [0.2, 0.25) is 5.91 Å². The lowest BCUT2D eigenvalue weighted by molar-refractivity contribution is -0.150. The highest BCUT2D eigenvalue weighted by atomic mass is 32.2. The molecule has 0 saturated heterocycles. The highest BCUT2D eigenvalue weighted by Gasteiger charge is 2.52. The average Bonchev–Trinajstić information content (AvgIpc) is 3.42. The van der Waals surface area contributed by atoms with Gasteiger partial charge in [0.25, 0.3) is 0 Å². The van der Waals surface area contributed by atoms with Crippen molar-refractivity contribution in [3.8, 4) is 0 Å². The fraction of sp³-hybridized carbons (Fsp3) is 0.577. The molecule has 33 heavy (non-hydrogen) atoms. The van der Waals surface area contributed by atoms with Crippen LogP contribution in [-0.4, -0.2) is 42.3 Å². The number of benzene rings is 1. The third-order valence-electron chi connectivity index (χ3n) is 6.49. The second-order valence-electron chi connectivity index (χ2n) is 9.17. The van der Waals surface area contributed by atoms with Crippen molar-refractivity contribution in [2.75, 3.05) is 13.7 Å². The fourth-order valence-electron chi connectivity index (χ4n) is 4.91. The minimum Gasteiger partial charge on any atom is -0.469 e. The molecule has 6 nitrogen and oxygen atoms in total. The van der Waals surface area contributed by atoms with Crippen LogP contribution in [-0.2, 0) is 14.3 Å². The lowest BCUT2D eigenvalue weighted by atomic mass is 9.87. The second-order valence-corrected chi connectivity index (χ2v) is 10.0. The van der Waals surface area contributed by atoms with Crippen LogP contribution in [0.15, 0.2) is 40.2 Å². The summed E-state index contributed by atoms with van der Waals surface area (Å²) < 4.78 is 8.36. The monoisotopic (exact) mass is 471 g/mol. The van der Waals surface area contributed by atoms with E-state index in [-0.39, 0.29) is 42.1 Å². The van der Waals surface area contributed by atoms with Gasteiger partial charge >= 0.3 is 5.97 Å². The van der Waals surface area contributed by atoms with E-state index in [0.717, 1.165) is 23.4 Å². The van der Waals surface area contributed by atoms with Gasteiger partial charge in [-0.25, -0.2) is 4.99 Å². The Balaban J connectivity index is 0.00000149.